The van der Waals surface area contributed by atoms with Crippen molar-refractivity contribution in [3.8, 4) is 0 Å². The predicted molar refractivity (Wildman–Crippen MR) is 62.7 cm³/mol. The number of carbonyl (C=O) groups excluding carboxylic acids is 1. The van der Waals surface area contributed by atoms with Crippen molar-refractivity contribution in [2.24, 2.45) is 0 Å². The van der Waals surface area contributed by atoms with Crippen LogP contribution in [0, 0.1) is 0 Å². The Kier molecular flexibility index (Phi) is 8.84. The van der Waals surface area contributed by atoms with Gasteiger partial charge in [-0.15, -0.1) is 0 Å². The minimum Gasteiger partial charge on any atom is -0.463 e. The molecule has 0 radical (unpaired) electrons. The molecule has 17 heavy (non-hydrogen) atoms. The van der Waals surface area contributed by atoms with Crippen molar-refractivity contribution in [1.29, 1.82) is 0 Å². The summed E-state index contributed by atoms with van der Waals surface area (Å²) in [6.07, 6.45) is 5.37. The molecule has 0 aliphatic carbocycles. The molecule has 0 bridgehead atoms. The average Bonchev–Trinajstić information content (AvgIpc) is 2.25. The third-order valence-corrected chi connectivity index (χ3v) is 3.19. The first-order chi connectivity index (χ1) is 7.95. The van der Waals surface area contributed by atoms with Crippen molar-refractivity contribution in [3.05, 3.63) is 12.7 Å². The second-order valence-corrected chi connectivity index (χ2v) is 5.59. The largest absolute Gasteiger partial charge is 0.616 e. The van der Waals surface area contributed by atoms with Gasteiger partial charge in [0.15, 0.2) is 0 Å². The first kappa shape index (κ1) is 16.2. The van der Waals surface area contributed by atoms with Gasteiger partial charge in [-0.05, 0) is 12.8 Å². The molecule has 0 aliphatic heterocycles. The molecule has 0 N–H and O–H groups in total. The molecule has 0 unspecified atom stereocenters. The monoisotopic (exact) mass is 268 g/mol. The van der Waals surface area contributed by atoms with E-state index in [1.807, 2.05) is 0 Å². The molecular formula is C11H19F3O2Si. The van der Waals surface area contributed by atoms with Crippen molar-refractivity contribution in [2.75, 3.05) is 6.61 Å². The molecule has 0 aromatic rings. The quantitative estimate of drug-likeness (QED) is 0.197. The lowest BCUT2D eigenvalue weighted by Gasteiger charge is -2.03. The average molecular weight is 268 g/mol. The van der Waals surface area contributed by atoms with Crippen LogP contribution in [0.4, 0.5) is 12.3 Å². The molecule has 0 fully saturated rings. The van der Waals surface area contributed by atoms with E-state index in [0.29, 0.717) is 13.0 Å². The summed E-state index contributed by atoms with van der Waals surface area (Å²) in [6.45, 7) is 3.63. The summed E-state index contributed by atoms with van der Waals surface area (Å²) in [6, 6.07) is -0.552. The van der Waals surface area contributed by atoms with Crippen molar-refractivity contribution >= 4 is 15.0 Å². The molecule has 0 heterocycles. The van der Waals surface area contributed by atoms with E-state index in [9.17, 15) is 17.1 Å². The van der Waals surface area contributed by atoms with Gasteiger partial charge in [0.2, 0.25) is 0 Å². The van der Waals surface area contributed by atoms with Crippen LogP contribution in [0.1, 0.15) is 38.5 Å². The number of rotatable bonds is 10. The van der Waals surface area contributed by atoms with Crippen molar-refractivity contribution in [2.45, 2.75) is 44.6 Å². The third-order valence-electron chi connectivity index (χ3n) is 2.27. The Morgan fingerprint density at radius 3 is 2.12 bits per heavy atom. The van der Waals surface area contributed by atoms with Gasteiger partial charge in [-0.3, -0.25) is 0 Å². The maximum Gasteiger partial charge on any atom is 0.616 e. The Morgan fingerprint density at radius 2 is 1.59 bits per heavy atom. The summed E-state index contributed by atoms with van der Waals surface area (Å²) in [5.41, 5.74) is 0. The molecular weight excluding hydrogens is 249 g/mol. The third kappa shape index (κ3) is 13.2. The summed E-state index contributed by atoms with van der Waals surface area (Å²) < 4.78 is 40.5. The van der Waals surface area contributed by atoms with Crippen LogP contribution >= 0.6 is 0 Å². The second-order valence-electron chi connectivity index (χ2n) is 3.86. The first-order valence-electron chi connectivity index (χ1n) is 5.81. The SMILES string of the molecule is C=CC(=O)OCCCCCCCC[Si](F)(F)F. The molecule has 0 atom stereocenters. The lowest BCUT2D eigenvalue weighted by Crippen LogP contribution is -2.13. The zero-order chi connectivity index (χ0) is 13.1. The summed E-state index contributed by atoms with van der Waals surface area (Å²) in [4.78, 5) is 10.6. The van der Waals surface area contributed by atoms with Crippen LogP contribution < -0.4 is 0 Å². The fourth-order valence-corrected chi connectivity index (χ4v) is 2.02. The molecule has 0 saturated heterocycles. The molecule has 2 nitrogen and oxygen atoms in total. The minimum absolute atomic E-state index is 0.265. The van der Waals surface area contributed by atoms with Gasteiger partial charge in [0.25, 0.3) is 0 Å². The lowest BCUT2D eigenvalue weighted by atomic mass is 10.1. The first-order valence-corrected chi connectivity index (χ1v) is 7.66. The van der Waals surface area contributed by atoms with E-state index in [1.54, 1.807) is 0 Å². The summed E-state index contributed by atoms with van der Waals surface area (Å²) >= 11 is 0. The minimum atomic E-state index is -5.32. The van der Waals surface area contributed by atoms with E-state index in [1.165, 1.54) is 0 Å². The van der Waals surface area contributed by atoms with E-state index < -0.39 is 21.1 Å². The highest BCUT2D eigenvalue weighted by Crippen LogP contribution is 2.19. The van der Waals surface area contributed by atoms with Crippen LogP contribution in [0.25, 0.3) is 0 Å². The molecule has 0 amide bonds. The number of halogens is 3. The van der Waals surface area contributed by atoms with Gasteiger partial charge < -0.3 is 4.74 Å². The van der Waals surface area contributed by atoms with Crippen LogP contribution in [0.3, 0.4) is 0 Å². The molecule has 0 aromatic heterocycles. The van der Waals surface area contributed by atoms with Gasteiger partial charge in [-0.2, -0.15) is 0 Å². The van der Waals surface area contributed by atoms with E-state index in [2.05, 4.69) is 6.58 Å². The van der Waals surface area contributed by atoms with Crippen LogP contribution in [0.15, 0.2) is 12.7 Å². The number of esters is 1. The zero-order valence-electron chi connectivity index (χ0n) is 9.89. The Morgan fingerprint density at radius 1 is 1.06 bits per heavy atom. The van der Waals surface area contributed by atoms with Gasteiger partial charge >= 0.3 is 15.0 Å². The van der Waals surface area contributed by atoms with Gasteiger partial charge in [-0.25, -0.2) is 17.1 Å². The summed E-state index contributed by atoms with van der Waals surface area (Å²) in [5.74, 6) is -0.430. The predicted octanol–water partition coefficient (Wildman–Crippen LogP) is 3.90. The smallest absolute Gasteiger partial charge is 0.463 e. The number of ether oxygens (including phenoxy) is 1. The van der Waals surface area contributed by atoms with E-state index >= 15 is 0 Å². The number of unbranched alkanes of at least 4 members (excludes halogenated alkanes) is 5. The van der Waals surface area contributed by atoms with E-state index in [4.69, 9.17) is 4.74 Å². The van der Waals surface area contributed by atoms with Crippen molar-refractivity contribution < 1.29 is 21.9 Å². The summed E-state index contributed by atoms with van der Waals surface area (Å²) in [5, 5.41) is 0. The molecule has 0 aliphatic rings. The highest BCUT2D eigenvalue weighted by molar-refractivity contribution is 6.58. The van der Waals surface area contributed by atoms with Gasteiger partial charge in [0.05, 0.1) is 6.61 Å². The van der Waals surface area contributed by atoms with Crippen molar-refractivity contribution in [1.82, 2.24) is 0 Å². The molecule has 0 saturated carbocycles. The Labute approximate surface area is 101 Å². The van der Waals surface area contributed by atoms with Gasteiger partial charge in [-0.1, -0.05) is 32.3 Å². The van der Waals surface area contributed by atoms with Crippen molar-refractivity contribution in [3.63, 3.8) is 0 Å². The number of carbonyl (C=O) groups is 1. The lowest BCUT2D eigenvalue weighted by molar-refractivity contribution is -0.137. The normalized spacial score (nSPS) is 11.2. The topological polar surface area (TPSA) is 26.3 Å². The standard InChI is InChI=1S/C11H19F3O2Si/c1-2-11(15)16-9-7-5-3-4-6-8-10-17(12,13)14/h2H,1,3-10H2. The van der Waals surface area contributed by atoms with Crippen LogP contribution in [-0.4, -0.2) is 21.7 Å². The maximum atomic E-state index is 11.9. The molecule has 0 aromatic carbocycles. The van der Waals surface area contributed by atoms with Crippen LogP contribution in [0.2, 0.25) is 6.04 Å². The Hall–Kier alpha value is -0.783. The highest BCUT2D eigenvalue weighted by Gasteiger charge is 2.35. The molecule has 6 heteroatoms. The van der Waals surface area contributed by atoms with Gasteiger partial charge in [0, 0.05) is 12.1 Å². The van der Waals surface area contributed by atoms with E-state index in [0.717, 1.165) is 31.8 Å². The molecule has 100 valence electrons. The van der Waals surface area contributed by atoms with Crippen LogP contribution in [-0.2, 0) is 9.53 Å². The molecule has 0 spiro atoms. The second kappa shape index (κ2) is 9.27. The molecule has 0 rings (SSSR count). The Bertz CT molecular complexity index is 229. The number of hydrogen-bond acceptors (Lipinski definition) is 2. The summed E-state index contributed by atoms with van der Waals surface area (Å²) in [7, 11) is -5.32. The highest BCUT2D eigenvalue weighted by atomic mass is 28.5. The Balaban J connectivity index is 3.14. The fourth-order valence-electron chi connectivity index (χ4n) is 1.37. The van der Waals surface area contributed by atoms with E-state index in [-0.39, 0.29) is 6.42 Å². The van der Waals surface area contributed by atoms with Crippen LogP contribution in [0.5, 0.6) is 0 Å². The zero-order valence-corrected chi connectivity index (χ0v) is 10.9. The number of hydrogen-bond donors (Lipinski definition) is 0. The fraction of sp³-hybridized carbons (Fsp3) is 0.727. The van der Waals surface area contributed by atoms with Gasteiger partial charge in [0.1, 0.15) is 0 Å². The maximum absolute atomic E-state index is 11.9.